The molecular weight excluding hydrogens is 320 g/mol. The number of allylic oxidation sites excluding steroid dienone is 6. The Morgan fingerprint density at radius 3 is 1.19 bits per heavy atom. The fourth-order valence-corrected chi connectivity index (χ4v) is 2.41. The quantitative estimate of drug-likeness (QED) is 0.394. The molecule has 2 nitrogen and oxygen atoms in total. The SMILES string of the molecule is C/C=C\C(=C/C)Oc1ccc(-c2ccc(OC(/C=C\C)=C/C)cc2)cc1. The first-order chi connectivity index (χ1) is 12.7. The molecule has 0 aliphatic rings. The fraction of sp³-hybridized carbons (Fsp3) is 0.167. The number of hydrogen-bond acceptors (Lipinski definition) is 2. The summed E-state index contributed by atoms with van der Waals surface area (Å²) in [5.41, 5.74) is 2.27. The molecule has 0 aromatic heterocycles. The largest absolute Gasteiger partial charge is 0.458 e. The average Bonchev–Trinajstić information content (AvgIpc) is 2.68. The van der Waals surface area contributed by atoms with Gasteiger partial charge in [-0.05, 0) is 87.4 Å². The fourth-order valence-electron chi connectivity index (χ4n) is 2.41. The van der Waals surface area contributed by atoms with E-state index in [0.29, 0.717) is 0 Å². The van der Waals surface area contributed by atoms with Crippen LogP contribution in [-0.4, -0.2) is 0 Å². The van der Waals surface area contributed by atoms with Crippen molar-refractivity contribution in [1.82, 2.24) is 0 Å². The molecule has 0 saturated carbocycles. The summed E-state index contributed by atoms with van der Waals surface area (Å²) in [6.45, 7) is 7.87. The van der Waals surface area contributed by atoms with Crippen LogP contribution in [0, 0.1) is 0 Å². The number of hydrogen-bond donors (Lipinski definition) is 0. The van der Waals surface area contributed by atoms with Crippen molar-refractivity contribution in [2.45, 2.75) is 27.7 Å². The minimum Gasteiger partial charge on any atom is -0.458 e. The van der Waals surface area contributed by atoms with E-state index in [1.165, 1.54) is 0 Å². The molecule has 2 rings (SSSR count). The molecule has 0 radical (unpaired) electrons. The van der Waals surface area contributed by atoms with Crippen molar-refractivity contribution in [2.75, 3.05) is 0 Å². The third-order valence-corrected chi connectivity index (χ3v) is 3.74. The van der Waals surface area contributed by atoms with E-state index in [1.807, 2.05) is 88.4 Å². The summed E-state index contributed by atoms with van der Waals surface area (Å²) >= 11 is 0. The maximum atomic E-state index is 5.83. The first kappa shape index (κ1) is 19.3. The maximum absolute atomic E-state index is 5.83. The lowest BCUT2D eigenvalue weighted by molar-refractivity contribution is 0.443. The highest BCUT2D eigenvalue weighted by Crippen LogP contribution is 2.26. The van der Waals surface area contributed by atoms with E-state index in [-0.39, 0.29) is 0 Å². The van der Waals surface area contributed by atoms with Crippen molar-refractivity contribution in [3.8, 4) is 22.6 Å². The lowest BCUT2D eigenvalue weighted by Crippen LogP contribution is -1.92. The van der Waals surface area contributed by atoms with Crippen LogP contribution >= 0.6 is 0 Å². The van der Waals surface area contributed by atoms with E-state index in [1.54, 1.807) is 0 Å². The Morgan fingerprint density at radius 2 is 0.923 bits per heavy atom. The van der Waals surface area contributed by atoms with Gasteiger partial charge in [-0.1, -0.05) is 36.4 Å². The van der Waals surface area contributed by atoms with Gasteiger partial charge in [0.05, 0.1) is 0 Å². The van der Waals surface area contributed by atoms with Crippen LogP contribution in [0.15, 0.2) is 96.5 Å². The lowest BCUT2D eigenvalue weighted by Gasteiger charge is -2.09. The predicted octanol–water partition coefficient (Wildman–Crippen LogP) is 7.07. The molecular formula is C24H26O2. The van der Waals surface area contributed by atoms with E-state index in [9.17, 15) is 0 Å². The molecule has 2 aromatic rings. The minimum absolute atomic E-state index is 0.823. The molecule has 0 fully saturated rings. The number of ether oxygens (including phenoxy) is 2. The zero-order valence-corrected chi connectivity index (χ0v) is 15.9. The summed E-state index contributed by atoms with van der Waals surface area (Å²) in [5, 5.41) is 0. The molecule has 0 unspecified atom stereocenters. The molecule has 26 heavy (non-hydrogen) atoms. The minimum atomic E-state index is 0.823. The second-order valence-corrected chi connectivity index (χ2v) is 5.63. The van der Waals surface area contributed by atoms with Crippen LogP contribution < -0.4 is 9.47 Å². The Labute approximate surface area is 156 Å². The van der Waals surface area contributed by atoms with E-state index in [2.05, 4.69) is 24.3 Å². The van der Waals surface area contributed by atoms with Gasteiger partial charge in [-0.25, -0.2) is 0 Å². The summed E-state index contributed by atoms with van der Waals surface area (Å²) in [5.74, 6) is 3.32. The first-order valence-electron chi connectivity index (χ1n) is 8.84. The molecule has 0 amide bonds. The number of rotatable bonds is 7. The van der Waals surface area contributed by atoms with Crippen LogP contribution in [0.25, 0.3) is 11.1 Å². The molecule has 0 atom stereocenters. The van der Waals surface area contributed by atoms with Crippen molar-refractivity contribution in [3.05, 3.63) is 96.5 Å². The van der Waals surface area contributed by atoms with Crippen LogP contribution in [0.3, 0.4) is 0 Å². The molecule has 0 N–H and O–H groups in total. The molecule has 2 aromatic carbocycles. The van der Waals surface area contributed by atoms with Gasteiger partial charge in [0.25, 0.3) is 0 Å². The zero-order valence-electron chi connectivity index (χ0n) is 15.9. The monoisotopic (exact) mass is 346 g/mol. The summed E-state index contributed by atoms with van der Waals surface area (Å²) in [6.07, 6.45) is 11.7. The second kappa shape index (κ2) is 10.1. The Kier molecular flexibility index (Phi) is 7.50. The highest BCUT2D eigenvalue weighted by molar-refractivity contribution is 5.65. The van der Waals surface area contributed by atoms with Crippen LogP contribution in [0.5, 0.6) is 11.5 Å². The third kappa shape index (κ3) is 5.52. The van der Waals surface area contributed by atoms with E-state index in [0.717, 1.165) is 34.1 Å². The topological polar surface area (TPSA) is 18.5 Å². The lowest BCUT2D eigenvalue weighted by atomic mass is 10.1. The van der Waals surface area contributed by atoms with Crippen molar-refractivity contribution in [1.29, 1.82) is 0 Å². The van der Waals surface area contributed by atoms with E-state index >= 15 is 0 Å². The van der Waals surface area contributed by atoms with Gasteiger partial charge in [0.1, 0.15) is 23.0 Å². The molecule has 2 heteroatoms. The Morgan fingerprint density at radius 1 is 0.577 bits per heavy atom. The first-order valence-corrected chi connectivity index (χ1v) is 8.84. The van der Waals surface area contributed by atoms with Gasteiger partial charge in [0.15, 0.2) is 0 Å². The van der Waals surface area contributed by atoms with E-state index in [4.69, 9.17) is 9.47 Å². The highest BCUT2D eigenvalue weighted by Gasteiger charge is 2.02. The van der Waals surface area contributed by atoms with Gasteiger partial charge in [-0.3, -0.25) is 0 Å². The summed E-state index contributed by atoms with van der Waals surface area (Å²) < 4.78 is 11.7. The average molecular weight is 346 g/mol. The maximum Gasteiger partial charge on any atom is 0.127 e. The molecule has 134 valence electrons. The van der Waals surface area contributed by atoms with Gasteiger partial charge in [0.2, 0.25) is 0 Å². The normalized spacial score (nSPS) is 12.8. The molecule has 0 aliphatic heterocycles. The van der Waals surface area contributed by atoms with Gasteiger partial charge in [-0.2, -0.15) is 0 Å². The van der Waals surface area contributed by atoms with Crippen molar-refractivity contribution >= 4 is 0 Å². The Hall–Kier alpha value is -3.00. The van der Waals surface area contributed by atoms with Crippen molar-refractivity contribution in [3.63, 3.8) is 0 Å². The van der Waals surface area contributed by atoms with Crippen LogP contribution in [-0.2, 0) is 0 Å². The van der Waals surface area contributed by atoms with Gasteiger partial charge in [0, 0.05) is 0 Å². The molecule has 0 heterocycles. The number of benzene rings is 2. The van der Waals surface area contributed by atoms with Crippen LogP contribution in [0.1, 0.15) is 27.7 Å². The van der Waals surface area contributed by atoms with Crippen LogP contribution in [0.2, 0.25) is 0 Å². The summed E-state index contributed by atoms with van der Waals surface area (Å²) in [6, 6.07) is 16.2. The smallest absolute Gasteiger partial charge is 0.127 e. The Balaban J connectivity index is 2.09. The van der Waals surface area contributed by atoms with Crippen molar-refractivity contribution in [2.24, 2.45) is 0 Å². The third-order valence-electron chi connectivity index (χ3n) is 3.74. The van der Waals surface area contributed by atoms with Crippen LogP contribution in [0.4, 0.5) is 0 Å². The second-order valence-electron chi connectivity index (χ2n) is 5.63. The molecule has 0 saturated heterocycles. The van der Waals surface area contributed by atoms with Gasteiger partial charge in [-0.15, -0.1) is 0 Å². The molecule has 0 aliphatic carbocycles. The highest BCUT2D eigenvalue weighted by atomic mass is 16.5. The summed E-state index contributed by atoms with van der Waals surface area (Å²) in [7, 11) is 0. The zero-order chi connectivity index (χ0) is 18.8. The van der Waals surface area contributed by atoms with E-state index < -0.39 is 0 Å². The molecule has 0 spiro atoms. The predicted molar refractivity (Wildman–Crippen MR) is 110 cm³/mol. The summed E-state index contributed by atoms with van der Waals surface area (Å²) in [4.78, 5) is 0. The van der Waals surface area contributed by atoms with Crippen molar-refractivity contribution < 1.29 is 9.47 Å². The van der Waals surface area contributed by atoms with Gasteiger partial charge < -0.3 is 9.47 Å². The molecule has 0 bridgehead atoms. The standard InChI is InChI=1S/C24H26O2/c1-5-9-21(7-3)25-23-15-11-19(12-16-23)20-13-17-24(18-14-20)26-22(8-4)10-6-2/h5-18H,1-4H3/b9-5-,10-6-,21-7+,22-8+. The van der Waals surface area contributed by atoms with Gasteiger partial charge >= 0.3 is 0 Å². The Bertz CT molecular complexity index is 733.